The molecule has 2 rings (SSSR count). The maximum atomic E-state index is 10.7. The Morgan fingerprint density at radius 2 is 2.22 bits per heavy atom. The molecule has 0 aliphatic heterocycles. The SMILES string of the molecule is Cc1noc(C)c1CNCc1ccc(C(=O)O)s1. The molecule has 2 aromatic rings. The fourth-order valence-electron chi connectivity index (χ4n) is 1.65. The number of nitrogens with one attached hydrogen (secondary N) is 1. The van der Waals surface area contributed by atoms with E-state index in [0.717, 1.165) is 21.9 Å². The van der Waals surface area contributed by atoms with Crippen LogP contribution in [-0.4, -0.2) is 16.2 Å². The first-order chi connectivity index (χ1) is 8.58. The number of hydrogen-bond acceptors (Lipinski definition) is 5. The average molecular weight is 266 g/mol. The Morgan fingerprint density at radius 3 is 2.78 bits per heavy atom. The maximum Gasteiger partial charge on any atom is 0.345 e. The van der Waals surface area contributed by atoms with Crippen molar-refractivity contribution in [1.29, 1.82) is 0 Å². The molecule has 0 spiro atoms. The van der Waals surface area contributed by atoms with Gasteiger partial charge in [-0.2, -0.15) is 0 Å². The van der Waals surface area contributed by atoms with Gasteiger partial charge in [-0.3, -0.25) is 0 Å². The monoisotopic (exact) mass is 266 g/mol. The smallest absolute Gasteiger partial charge is 0.345 e. The minimum absolute atomic E-state index is 0.365. The number of aryl methyl sites for hydroxylation is 2. The molecule has 96 valence electrons. The van der Waals surface area contributed by atoms with Crippen LogP contribution in [-0.2, 0) is 13.1 Å². The summed E-state index contributed by atoms with van der Waals surface area (Å²) in [5.41, 5.74) is 1.95. The van der Waals surface area contributed by atoms with Gasteiger partial charge in [-0.15, -0.1) is 11.3 Å². The predicted octanol–water partition coefficient (Wildman–Crippen LogP) is 2.34. The molecule has 2 aromatic heterocycles. The Hall–Kier alpha value is -1.66. The molecule has 0 saturated heterocycles. The van der Waals surface area contributed by atoms with Gasteiger partial charge in [-0.1, -0.05) is 5.16 Å². The first-order valence-corrected chi connectivity index (χ1v) is 6.34. The lowest BCUT2D eigenvalue weighted by Gasteiger charge is -2.02. The van der Waals surface area contributed by atoms with E-state index in [9.17, 15) is 4.79 Å². The van der Waals surface area contributed by atoms with Crippen molar-refractivity contribution < 1.29 is 14.4 Å². The Labute approximate surface area is 108 Å². The third-order valence-corrected chi connectivity index (χ3v) is 3.73. The normalized spacial score (nSPS) is 10.8. The molecule has 0 amide bonds. The van der Waals surface area contributed by atoms with Crippen molar-refractivity contribution in [2.75, 3.05) is 0 Å². The van der Waals surface area contributed by atoms with Crippen LogP contribution in [0.15, 0.2) is 16.7 Å². The number of rotatable bonds is 5. The highest BCUT2D eigenvalue weighted by molar-refractivity contribution is 7.13. The van der Waals surface area contributed by atoms with Crippen molar-refractivity contribution in [3.05, 3.63) is 38.9 Å². The first-order valence-electron chi connectivity index (χ1n) is 5.52. The summed E-state index contributed by atoms with van der Waals surface area (Å²) >= 11 is 1.29. The first kappa shape index (κ1) is 12.8. The number of hydrogen-bond donors (Lipinski definition) is 2. The molecule has 0 radical (unpaired) electrons. The molecule has 5 nitrogen and oxygen atoms in total. The predicted molar refractivity (Wildman–Crippen MR) is 67.8 cm³/mol. The molecule has 0 bridgehead atoms. The lowest BCUT2D eigenvalue weighted by Crippen LogP contribution is -2.12. The zero-order valence-corrected chi connectivity index (χ0v) is 11.0. The van der Waals surface area contributed by atoms with E-state index >= 15 is 0 Å². The van der Waals surface area contributed by atoms with Crippen LogP contribution in [0.4, 0.5) is 0 Å². The van der Waals surface area contributed by atoms with E-state index in [1.54, 1.807) is 6.07 Å². The van der Waals surface area contributed by atoms with Gasteiger partial charge in [0.25, 0.3) is 0 Å². The van der Waals surface area contributed by atoms with Gasteiger partial charge in [0.05, 0.1) is 5.69 Å². The molecule has 0 aromatic carbocycles. The fraction of sp³-hybridized carbons (Fsp3) is 0.333. The molecule has 0 aliphatic carbocycles. The Bertz CT molecular complexity index is 540. The zero-order valence-electron chi connectivity index (χ0n) is 10.2. The lowest BCUT2D eigenvalue weighted by molar-refractivity contribution is 0.0702. The molecule has 2 N–H and O–H groups in total. The van der Waals surface area contributed by atoms with E-state index in [2.05, 4.69) is 10.5 Å². The zero-order chi connectivity index (χ0) is 13.1. The molecular weight excluding hydrogens is 252 g/mol. The van der Waals surface area contributed by atoms with Crippen LogP contribution in [0.2, 0.25) is 0 Å². The van der Waals surface area contributed by atoms with Crippen LogP contribution < -0.4 is 5.32 Å². The fourth-order valence-corrected chi connectivity index (χ4v) is 2.47. The summed E-state index contributed by atoms with van der Waals surface area (Å²) in [6.07, 6.45) is 0. The van der Waals surface area contributed by atoms with Crippen molar-refractivity contribution in [2.24, 2.45) is 0 Å². The van der Waals surface area contributed by atoms with E-state index in [0.29, 0.717) is 18.0 Å². The second-order valence-corrected chi connectivity index (χ2v) is 5.15. The number of carboxylic acid groups (broad SMARTS) is 1. The Morgan fingerprint density at radius 1 is 1.44 bits per heavy atom. The van der Waals surface area contributed by atoms with Crippen molar-refractivity contribution in [3.8, 4) is 0 Å². The van der Waals surface area contributed by atoms with Gasteiger partial charge in [0.2, 0.25) is 0 Å². The van der Waals surface area contributed by atoms with Crippen LogP contribution in [0.25, 0.3) is 0 Å². The largest absolute Gasteiger partial charge is 0.477 e. The topological polar surface area (TPSA) is 75.4 Å². The standard InChI is InChI=1S/C12H14N2O3S/c1-7-10(8(2)17-14-7)6-13-5-9-3-4-11(18-9)12(15)16/h3-4,13H,5-6H2,1-2H3,(H,15,16). The van der Waals surface area contributed by atoms with Gasteiger partial charge < -0.3 is 14.9 Å². The summed E-state index contributed by atoms with van der Waals surface area (Å²) in [6, 6.07) is 3.45. The van der Waals surface area contributed by atoms with E-state index in [1.807, 2.05) is 19.9 Å². The molecule has 18 heavy (non-hydrogen) atoms. The average Bonchev–Trinajstić information content (AvgIpc) is 2.90. The molecule has 0 atom stereocenters. The van der Waals surface area contributed by atoms with Gasteiger partial charge in [0.1, 0.15) is 10.6 Å². The number of nitrogens with zero attached hydrogens (tertiary/aromatic N) is 1. The molecule has 0 unspecified atom stereocenters. The number of thiophene rings is 1. The number of aromatic carboxylic acids is 1. The summed E-state index contributed by atoms with van der Waals surface area (Å²) in [4.78, 5) is 12.1. The number of aromatic nitrogens is 1. The molecule has 2 heterocycles. The van der Waals surface area contributed by atoms with Crippen molar-refractivity contribution >= 4 is 17.3 Å². The number of carboxylic acids is 1. The molecule has 0 aliphatic rings. The minimum Gasteiger partial charge on any atom is -0.477 e. The van der Waals surface area contributed by atoms with Gasteiger partial charge in [-0.05, 0) is 26.0 Å². The Balaban J connectivity index is 1.90. The Kier molecular flexibility index (Phi) is 3.78. The van der Waals surface area contributed by atoms with Gasteiger partial charge in [0.15, 0.2) is 0 Å². The molecule has 0 fully saturated rings. The van der Waals surface area contributed by atoms with E-state index in [-0.39, 0.29) is 0 Å². The highest BCUT2D eigenvalue weighted by atomic mass is 32.1. The van der Waals surface area contributed by atoms with E-state index in [1.165, 1.54) is 11.3 Å². The van der Waals surface area contributed by atoms with Crippen LogP contribution in [0.1, 0.15) is 31.6 Å². The molecule has 0 saturated carbocycles. The molecule has 6 heteroatoms. The highest BCUT2D eigenvalue weighted by Crippen LogP contribution is 2.17. The summed E-state index contributed by atoms with van der Waals surface area (Å²) in [5.74, 6) is -0.0608. The summed E-state index contributed by atoms with van der Waals surface area (Å²) < 4.78 is 5.07. The van der Waals surface area contributed by atoms with E-state index < -0.39 is 5.97 Å². The quantitative estimate of drug-likeness (QED) is 0.868. The second kappa shape index (κ2) is 5.32. The summed E-state index contributed by atoms with van der Waals surface area (Å²) in [5, 5.41) is 16.0. The highest BCUT2D eigenvalue weighted by Gasteiger charge is 2.09. The van der Waals surface area contributed by atoms with Crippen molar-refractivity contribution in [3.63, 3.8) is 0 Å². The van der Waals surface area contributed by atoms with Gasteiger partial charge in [0, 0.05) is 23.5 Å². The van der Waals surface area contributed by atoms with Gasteiger partial charge >= 0.3 is 5.97 Å². The third-order valence-electron chi connectivity index (χ3n) is 2.65. The molecular formula is C12H14N2O3S. The lowest BCUT2D eigenvalue weighted by atomic mass is 10.2. The minimum atomic E-state index is -0.878. The van der Waals surface area contributed by atoms with Crippen molar-refractivity contribution in [1.82, 2.24) is 10.5 Å². The summed E-state index contributed by atoms with van der Waals surface area (Å²) in [6.45, 7) is 5.09. The second-order valence-electron chi connectivity index (χ2n) is 3.98. The van der Waals surface area contributed by atoms with E-state index in [4.69, 9.17) is 9.63 Å². The number of carbonyl (C=O) groups is 1. The van der Waals surface area contributed by atoms with Crippen molar-refractivity contribution in [2.45, 2.75) is 26.9 Å². The maximum absolute atomic E-state index is 10.7. The van der Waals surface area contributed by atoms with Gasteiger partial charge in [-0.25, -0.2) is 4.79 Å². The van der Waals surface area contributed by atoms with Crippen LogP contribution in [0, 0.1) is 13.8 Å². The van der Waals surface area contributed by atoms with Crippen LogP contribution in [0.5, 0.6) is 0 Å². The third kappa shape index (κ3) is 2.77. The van der Waals surface area contributed by atoms with Crippen LogP contribution >= 0.6 is 11.3 Å². The summed E-state index contributed by atoms with van der Waals surface area (Å²) in [7, 11) is 0. The van der Waals surface area contributed by atoms with Crippen LogP contribution in [0.3, 0.4) is 0 Å².